The first kappa shape index (κ1) is 17.7. The van der Waals surface area contributed by atoms with E-state index >= 15 is 0 Å². The monoisotopic (exact) mass is 426 g/mol. The van der Waals surface area contributed by atoms with Crippen molar-refractivity contribution in [3.05, 3.63) is 64.9 Å². The standard InChI is InChI=1S/C20H19BrN4O2/c1-24-18(11-17(23-24)14-5-3-2-4-6-14)20(26)25-10-9-16(13-25)27-19-8-7-15(21)12-22-19/h2-8,11-12,16H,9-10,13H2,1H3. The van der Waals surface area contributed by atoms with Crippen molar-refractivity contribution in [3.63, 3.8) is 0 Å². The lowest BCUT2D eigenvalue weighted by Gasteiger charge is -2.16. The molecule has 0 N–H and O–H groups in total. The summed E-state index contributed by atoms with van der Waals surface area (Å²) in [6.07, 6.45) is 2.44. The predicted molar refractivity (Wildman–Crippen MR) is 106 cm³/mol. The van der Waals surface area contributed by atoms with Crippen LogP contribution >= 0.6 is 15.9 Å². The van der Waals surface area contributed by atoms with Crippen LogP contribution in [0.1, 0.15) is 16.9 Å². The second-order valence-corrected chi connectivity index (χ2v) is 7.41. The molecule has 4 rings (SSSR count). The molecule has 1 aliphatic heterocycles. The van der Waals surface area contributed by atoms with Gasteiger partial charge in [0.15, 0.2) is 0 Å². The molecule has 1 unspecified atom stereocenters. The number of aromatic nitrogens is 3. The Kier molecular flexibility index (Phi) is 4.94. The third-order valence-corrected chi connectivity index (χ3v) is 5.06. The van der Waals surface area contributed by atoms with E-state index in [-0.39, 0.29) is 12.0 Å². The van der Waals surface area contributed by atoms with Gasteiger partial charge in [-0.05, 0) is 28.1 Å². The maximum Gasteiger partial charge on any atom is 0.272 e. The zero-order valence-electron chi connectivity index (χ0n) is 14.9. The van der Waals surface area contributed by atoms with Crippen LogP contribution < -0.4 is 4.74 Å². The van der Waals surface area contributed by atoms with Crippen LogP contribution in [0.5, 0.6) is 5.88 Å². The number of hydrogen-bond donors (Lipinski definition) is 0. The number of pyridine rings is 1. The van der Waals surface area contributed by atoms with Crippen molar-refractivity contribution in [3.8, 4) is 17.1 Å². The van der Waals surface area contributed by atoms with Gasteiger partial charge in [0, 0.05) is 42.3 Å². The molecule has 0 radical (unpaired) electrons. The predicted octanol–water partition coefficient (Wildman–Crippen LogP) is 3.54. The zero-order valence-corrected chi connectivity index (χ0v) is 16.5. The largest absolute Gasteiger partial charge is 0.472 e. The molecule has 2 aromatic heterocycles. The van der Waals surface area contributed by atoms with Crippen LogP contribution in [-0.2, 0) is 7.05 Å². The molecule has 1 aromatic carbocycles. The number of halogens is 1. The van der Waals surface area contributed by atoms with Crippen LogP contribution in [0.15, 0.2) is 59.2 Å². The quantitative estimate of drug-likeness (QED) is 0.639. The number of aryl methyl sites for hydroxylation is 1. The second-order valence-electron chi connectivity index (χ2n) is 6.50. The normalized spacial score (nSPS) is 16.5. The first-order valence-corrected chi connectivity index (χ1v) is 9.56. The molecule has 6 nitrogen and oxygen atoms in total. The van der Waals surface area contributed by atoms with Crippen molar-refractivity contribution in [2.75, 3.05) is 13.1 Å². The molecule has 1 amide bonds. The lowest BCUT2D eigenvalue weighted by molar-refractivity contribution is 0.0760. The van der Waals surface area contributed by atoms with E-state index in [1.165, 1.54) is 0 Å². The van der Waals surface area contributed by atoms with Gasteiger partial charge in [-0.2, -0.15) is 5.10 Å². The maximum atomic E-state index is 12.9. The van der Waals surface area contributed by atoms with Gasteiger partial charge >= 0.3 is 0 Å². The maximum absolute atomic E-state index is 12.9. The molecule has 1 saturated heterocycles. The van der Waals surface area contributed by atoms with Gasteiger partial charge in [-0.15, -0.1) is 0 Å². The van der Waals surface area contributed by atoms with Crippen molar-refractivity contribution < 1.29 is 9.53 Å². The Morgan fingerprint density at radius 2 is 2.04 bits per heavy atom. The molecule has 138 valence electrons. The number of nitrogens with zero attached hydrogens (tertiary/aromatic N) is 4. The third kappa shape index (κ3) is 3.88. The summed E-state index contributed by atoms with van der Waals surface area (Å²) in [6, 6.07) is 15.4. The fourth-order valence-electron chi connectivity index (χ4n) is 3.19. The lowest BCUT2D eigenvalue weighted by Crippen LogP contribution is -2.32. The Bertz CT molecular complexity index is 940. The summed E-state index contributed by atoms with van der Waals surface area (Å²) in [6.45, 7) is 1.20. The van der Waals surface area contributed by atoms with Gasteiger partial charge in [0.1, 0.15) is 11.8 Å². The minimum Gasteiger partial charge on any atom is -0.472 e. The summed E-state index contributed by atoms with van der Waals surface area (Å²) in [7, 11) is 1.80. The number of ether oxygens (including phenoxy) is 1. The molecule has 0 aliphatic carbocycles. The van der Waals surface area contributed by atoms with Gasteiger partial charge in [0.2, 0.25) is 5.88 Å². The summed E-state index contributed by atoms with van der Waals surface area (Å²) < 4.78 is 8.46. The molecule has 3 aromatic rings. The topological polar surface area (TPSA) is 60.2 Å². The molecule has 0 spiro atoms. The zero-order chi connectivity index (χ0) is 18.8. The number of carbonyl (C=O) groups excluding carboxylic acids is 1. The molecular weight excluding hydrogens is 408 g/mol. The van der Waals surface area contributed by atoms with E-state index in [1.54, 1.807) is 17.9 Å². The minimum absolute atomic E-state index is 0.0259. The van der Waals surface area contributed by atoms with Gasteiger partial charge in [-0.1, -0.05) is 30.3 Å². The van der Waals surface area contributed by atoms with Crippen molar-refractivity contribution in [1.29, 1.82) is 0 Å². The number of hydrogen-bond acceptors (Lipinski definition) is 4. The molecular formula is C20H19BrN4O2. The fourth-order valence-corrected chi connectivity index (χ4v) is 3.43. The van der Waals surface area contributed by atoms with E-state index in [9.17, 15) is 4.79 Å². The number of carbonyl (C=O) groups is 1. The van der Waals surface area contributed by atoms with E-state index in [2.05, 4.69) is 26.0 Å². The molecule has 1 fully saturated rings. The summed E-state index contributed by atoms with van der Waals surface area (Å²) in [5.74, 6) is 0.548. The first-order valence-electron chi connectivity index (χ1n) is 8.77. The molecule has 7 heteroatoms. The van der Waals surface area contributed by atoms with Crippen LogP contribution in [0.2, 0.25) is 0 Å². The van der Waals surface area contributed by atoms with E-state index in [0.717, 1.165) is 22.2 Å². The van der Waals surface area contributed by atoms with Crippen molar-refractivity contribution in [1.82, 2.24) is 19.7 Å². The average Bonchev–Trinajstić information content (AvgIpc) is 3.31. The van der Waals surface area contributed by atoms with Gasteiger partial charge in [0.25, 0.3) is 5.91 Å². The van der Waals surface area contributed by atoms with Crippen molar-refractivity contribution in [2.45, 2.75) is 12.5 Å². The first-order chi connectivity index (χ1) is 13.1. The highest BCUT2D eigenvalue weighted by Crippen LogP contribution is 2.22. The number of amides is 1. The lowest BCUT2D eigenvalue weighted by atomic mass is 10.1. The second kappa shape index (κ2) is 7.52. The summed E-state index contributed by atoms with van der Waals surface area (Å²) in [4.78, 5) is 19.0. The minimum atomic E-state index is -0.0514. The van der Waals surface area contributed by atoms with Gasteiger partial charge in [-0.25, -0.2) is 4.98 Å². The Morgan fingerprint density at radius 3 is 2.78 bits per heavy atom. The van der Waals surface area contributed by atoms with Crippen LogP contribution in [0.4, 0.5) is 0 Å². The summed E-state index contributed by atoms with van der Waals surface area (Å²) in [5.41, 5.74) is 2.37. The Balaban J connectivity index is 1.44. The third-order valence-electron chi connectivity index (χ3n) is 4.59. The van der Waals surface area contributed by atoms with Gasteiger partial charge in [-0.3, -0.25) is 9.48 Å². The van der Waals surface area contributed by atoms with Crippen LogP contribution in [0.3, 0.4) is 0 Å². The Morgan fingerprint density at radius 1 is 1.22 bits per heavy atom. The average molecular weight is 427 g/mol. The van der Waals surface area contributed by atoms with E-state index in [1.807, 2.05) is 53.4 Å². The molecule has 3 heterocycles. The van der Waals surface area contributed by atoms with Crippen molar-refractivity contribution >= 4 is 21.8 Å². The Hall–Kier alpha value is -2.67. The molecule has 27 heavy (non-hydrogen) atoms. The van der Waals surface area contributed by atoms with Gasteiger partial charge < -0.3 is 9.64 Å². The molecule has 0 saturated carbocycles. The summed E-state index contributed by atoms with van der Waals surface area (Å²) in [5, 5.41) is 4.49. The van der Waals surface area contributed by atoms with Gasteiger partial charge in [0.05, 0.1) is 12.2 Å². The summed E-state index contributed by atoms with van der Waals surface area (Å²) >= 11 is 3.36. The van der Waals surface area contributed by atoms with E-state index in [0.29, 0.717) is 24.7 Å². The van der Waals surface area contributed by atoms with Crippen LogP contribution in [0, 0.1) is 0 Å². The number of rotatable bonds is 4. The highest BCUT2D eigenvalue weighted by Gasteiger charge is 2.30. The SMILES string of the molecule is Cn1nc(-c2ccccc2)cc1C(=O)N1CCC(Oc2ccc(Br)cn2)C1. The highest BCUT2D eigenvalue weighted by atomic mass is 79.9. The molecule has 0 bridgehead atoms. The van der Waals surface area contributed by atoms with Crippen LogP contribution in [-0.4, -0.2) is 44.8 Å². The van der Waals surface area contributed by atoms with Crippen molar-refractivity contribution in [2.24, 2.45) is 7.05 Å². The van der Waals surface area contributed by atoms with E-state index in [4.69, 9.17) is 4.74 Å². The molecule has 1 aliphatic rings. The smallest absolute Gasteiger partial charge is 0.272 e. The van der Waals surface area contributed by atoms with E-state index < -0.39 is 0 Å². The molecule has 1 atom stereocenters. The van der Waals surface area contributed by atoms with Crippen LogP contribution in [0.25, 0.3) is 11.3 Å². The number of benzene rings is 1. The Labute approximate surface area is 165 Å². The highest BCUT2D eigenvalue weighted by molar-refractivity contribution is 9.10. The fraction of sp³-hybridized carbons (Fsp3) is 0.250. The number of likely N-dealkylation sites (tertiary alicyclic amines) is 1.